The van der Waals surface area contributed by atoms with Gasteiger partial charge in [0.25, 0.3) is 5.91 Å². The van der Waals surface area contributed by atoms with Crippen molar-refractivity contribution in [3.63, 3.8) is 0 Å². The van der Waals surface area contributed by atoms with E-state index in [4.69, 9.17) is 0 Å². The normalized spacial score (nSPS) is 10.3. The van der Waals surface area contributed by atoms with Crippen LogP contribution in [0.25, 0.3) is 0 Å². The minimum Gasteiger partial charge on any atom is -0.334 e. The van der Waals surface area contributed by atoms with Gasteiger partial charge in [-0.05, 0) is 46.4 Å². The van der Waals surface area contributed by atoms with Crippen molar-refractivity contribution in [3.8, 4) is 0 Å². The fourth-order valence-corrected chi connectivity index (χ4v) is 2.90. The van der Waals surface area contributed by atoms with Crippen molar-refractivity contribution in [1.29, 1.82) is 0 Å². The van der Waals surface area contributed by atoms with Crippen LogP contribution in [-0.2, 0) is 6.54 Å². The number of thiophene rings is 1. The van der Waals surface area contributed by atoms with Gasteiger partial charge in [-0.1, -0.05) is 18.2 Å². The highest BCUT2D eigenvalue weighted by atomic mass is 79.9. The summed E-state index contributed by atoms with van der Waals surface area (Å²) in [4.78, 5) is 15.5. The van der Waals surface area contributed by atoms with Gasteiger partial charge in [-0.2, -0.15) is 0 Å². The van der Waals surface area contributed by atoms with E-state index < -0.39 is 0 Å². The Kier molecular flexibility index (Phi) is 4.55. The Hall–Kier alpha value is -1.13. The molecule has 0 saturated heterocycles. The van der Waals surface area contributed by atoms with Gasteiger partial charge >= 0.3 is 0 Å². The zero-order valence-corrected chi connectivity index (χ0v) is 12.5. The van der Waals surface area contributed by atoms with Gasteiger partial charge in [0.1, 0.15) is 0 Å². The third-order valence-corrected chi connectivity index (χ3v) is 4.25. The van der Waals surface area contributed by atoms with Crippen LogP contribution in [-0.4, -0.2) is 17.4 Å². The number of halogens is 1. The molecule has 0 aliphatic carbocycles. The Bertz CT molecular complexity index is 524. The highest BCUT2D eigenvalue weighted by Crippen LogP contribution is 2.20. The molecule has 0 bridgehead atoms. The molecule has 1 aromatic carbocycles. The SMILES string of the molecule is CCN(Cc1cccs1)C(=O)c1ccccc1Br. The van der Waals surface area contributed by atoms with Crippen molar-refractivity contribution in [2.45, 2.75) is 13.5 Å². The third kappa shape index (κ3) is 3.00. The Morgan fingerprint density at radius 2 is 2.06 bits per heavy atom. The van der Waals surface area contributed by atoms with E-state index in [-0.39, 0.29) is 5.91 Å². The number of benzene rings is 1. The number of hydrogen-bond acceptors (Lipinski definition) is 2. The first-order chi connectivity index (χ1) is 8.72. The summed E-state index contributed by atoms with van der Waals surface area (Å²) in [6.07, 6.45) is 0. The Morgan fingerprint density at radius 3 is 2.67 bits per heavy atom. The predicted molar refractivity (Wildman–Crippen MR) is 78.9 cm³/mol. The Labute approximate surface area is 119 Å². The molecule has 0 N–H and O–H groups in total. The Balaban J connectivity index is 2.18. The maximum absolute atomic E-state index is 12.4. The molecule has 0 spiro atoms. The maximum atomic E-state index is 12.4. The van der Waals surface area contributed by atoms with Crippen LogP contribution < -0.4 is 0 Å². The minimum atomic E-state index is 0.0679. The zero-order chi connectivity index (χ0) is 13.0. The van der Waals surface area contributed by atoms with E-state index in [1.165, 1.54) is 4.88 Å². The van der Waals surface area contributed by atoms with Crippen LogP contribution in [0.3, 0.4) is 0 Å². The van der Waals surface area contributed by atoms with Gasteiger partial charge in [0.2, 0.25) is 0 Å². The molecule has 94 valence electrons. The van der Waals surface area contributed by atoms with Crippen LogP contribution in [0.4, 0.5) is 0 Å². The lowest BCUT2D eigenvalue weighted by atomic mass is 10.2. The first kappa shape index (κ1) is 13.3. The molecule has 0 aliphatic heterocycles. The van der Waals surface area contributed by atoms with Crippen LogP contribution in [0, 0.1) is 0 Å². The van der Waals surface area contributed by atoms with E-state index in [1.54, 1.807) is 11.3 Å². The van der Waals surface area contributed by atoms with Crippen molar-refractivity contribution in [2.24, 2.45) is 0 Å². The van der Waals surface area contributed by atoms with E-state index in [9.17, 15) is 4.79 Å². The number of hydrogen-bond donors (Lipinski definition) is 0. The van der Waals surface area contributed by atoms with Gasteiger partial charge in [0.05, 0.1) is 12.1 Å². The van der Waals surface area contributed by atoms with E-state index >= 15 is 0 Å². The summed E-state index contributed by atoms with van der Waals surface area (Å²) in [5.74, 6) is 0.0679. The van der Waals surface area contributed by atoms with E-state index in [0.29, 0.717) is 13.1 Å². The number of rotatable bonds is 4. The average molecular weight is 324 g/mol. The number of nitrogens with zero attached hydrogens (tertiary/aromatic N) is 1. The summed E-state index contributed by atoms with van der Waals surface area (Å²) < 4.78 is 0.847. The van der Waals surface area contributed by atoms with Crippen molar-refractivity contribution in [1.82, 2.24) is 4.90 Å². The average Bonchev–Trinajstić information content (AvgIpc) is 2.88. The van der Waals surface area contributed by atoms with E-state index in [0.717, 1.165) is 10.0 Å². The van der Waals surface area contributed by atoms with Gasteiger partial charge in [0, 0.05) is 15.9 Å². The summed E-state index contributed by atoms with van der Waals surface area (Å²) >= 11 is 5.11. The summed E-state index contributed by atoms with van der Waals surface area (Å²) in [6.45, 7) is 3.38. The second-order valence-corrected chi connectivity index (χ2v) is 5.77. The molecule has 1 aromatic heterocycles. The molecular formula is C14H14BrNOS. The van der Waals surface area contributed by atoms with Gasteiger partial charge in [-0.15, -0.1) is 11.3 Å². The predicted octanol–water partition coefficient (Wildman–Crippen LogP) is 4.17. The molecule has 0 atom stereocenters. The molecule has 0 aliphatic rings. The standard InChI is InChI=1S/C14H14BrNOS/c1-2-16(10-11-6-5-9-18-11)14(17)12-7-3-4-8-13(12)15/h3-9H,2,10H2,1H3. The van der Waals surface area contributed by atoms with Gasteiger partial charge < -0.3 is 4.90 Å². The largest absolute Gasteiger partial charge is 0.334 e. The summed E-state index contributed by atoms with van der Waals surface area (Å²) in [7, 11) is 0. The smallest absolute Gasteiger partial charge is 0.255 e. The molecule has 0 fully saturated rings. The van der Waals surface area contributed by atoms with Gasteiger partial charge in [-0.3, -0.25) is 4.79 Å². The fourth-order valence-electron chi connectivity index (χ4n) is 1.72. The molecule has 0 saturated carbocycles. The second-order valence-electron chi connectivity index (χ2n) is 3.88. The highest BCUT2D eigenvalue weighted by molar-refractivity contribution is 9.10. The lowest BCUT2D eigenvalue weighted by Gasteiger charge is -2.20. The van der Waals surface area contributed by atoms with Crippen LogP contribution in [0.5, 0.6) is 0 Å². The number of carbonyl (C=O) groups excluding carboxylic acids is 1. The highest BCUT2D eigenvalue weighted by Gasteiger charge is 2.16. The fraction of sp³-hybridized carbons (Fsp3) is 0.214. The summed E-state index contributed by atoms with van der Waals surface area (Å²) in [5, 5.41) is 2.03. The van der Waals surface area contributed by atoms with Crippen LogP contribution in [0.15, 0.2) is 46.3 Å². The zero-order valence-electron chi connectivity index (χ0n) is 10.1. The molecule has 1 heterocycles. The first-order valence-corrected chi connectivity index (χ1v) is 7.45. The summed E-state index contributed by atoms with van der Waals surface area (Å²) in [5.41, 5.74) is 0.718. The van der Waals surface area contributed by atoms with Crippen LogP contribution in [0.2, 0.25) is 0 Å². The molecule has 1 amide bonds. The monoisotopic (exact) mass is 323 g/mol. The third-order valence-electron chi connectivity index (χ3n) is 2.70. The van der Waals surface area contributed by atoms with E-state index in [2.05, 4.69) is 22.0 Å². The van der Waals surface area contributed by atoms with E-state index in [1.807, 2.05) is 47.5 Å². The van der Waals surface area contributed by atoms with Crippen LogP contribution in [0.1, 0.15) is 22.2 Å². The maximum Gasteiger partial charge on any atom is 0.255 e. The molecule has 2 rings (SSSR count). The molecule has 4 heteroatoms. The molecule has 2 nitrogen and oxygen atoms in total. The van der Waals surface area contributed by atoms with Gasteiger partial charge in [-0.25, -0.2) is 0 Å². The lowest BCUT2D eigenvalue weighted by Crippen LogP contribution is -2.30. The molecular weight excluding hydrogens is 310 g/mol. The summed E-state index contributed by atoms with van der Waals surface area (Å²) in [6, 6.07) is 11.6. The first-order valence-electron chi connectivity index (χ1n) is 5.78. The lowest BCUT2D eigenvalue weighted by molar-refractivity contribution is 0.0753. The molecule has 2 aromatic rings. The molecule has 0 unspecified atom stereocenters. The second kappa shape index (κ2) is 6.16. The van der Waals surface area contributed by atoms with Crippen LogP contribution >= 0.6 is 27.3 Å². The van der Waals surface area contributed by atoms with Gasteiger partial charge in [0.15, 0.2) is 0 Å². The number of amides is 1. The van der Waals surface area contributed by atoms with Crippen molar-refractivity contribution in [3.05, 3.63) is 56.7 Å². The molecule has 0 radical (unpaired) electrons. The Morgan fingerprint density at radius 1 is 1.28 bits per heavy atom. The number of carbonyl (C=O) groups is 1. The topological polar surface area (TPSA) is 20.3 Å². The minimum absolute atomic E-state index is 0.0679. The quantitative estimate of drug-likeness (QED) is 0.826. The van der Waals surface area contributed by atoms with Crippen molar-refractivity contribution < 1.29 is 4.79 Å². The van der Waals surface area contributed by atoms with Crippen molar-refractivity contribution >= 4 is 33.2 Å². The molecule has 18 heavy (non-hydrogen) atoms. The van der Waals surface area contributed by atoms with Crippen molar-refractivity contribution in [2.75, 3.05) is 6.54 Å².